The molecule has 1 saturated heterocycles. The van der Waals surface area contributed by atoms with Gasteiger partial charge in [0.15, 0.2) is 31.3 Å². The molecule has 690 valence electrons. The molecule has 7 aromatic carbocycles. The number of aromatic nitrogens is 12. The third-order valence-electron chi connectivity index (χ3n) is 20.6. The first kappa shape index (κ1) is 100. The second-order valence-electron chi connectivity index (χ2n) is 30.8. The fraction of sp³-hybridized carbons (Fsp3) is 0.245. The molecule has 0 atom stereocenters. The third-order valence-corrected chi connectivity index (χ3v) is 23.0. The van der Waals surface area contributed by atoms with Crippen molar-refractivity contribution < 1.29 is 45.6 Å². The number of carbonyl (C=O) groups excluding carboxylic acids is 3. The number of nitrogen functional groups attached to an aromatic ring is 6. The lowest BCUT2D eigenvalue weighted by Gasteiger charge is -2.27. The quantitative estimate of drug-likeness (QED) is 0.00799. The molecule has 15 rings (SSSR count). The van der Waals surface area contributed by atoms with E-state index in [-0.39, 0.29) is 63.7 Å². The predicted molar refractivity (Wildman–Crippen MR) is 523 cm³/mol. The Labute approximate surface area is 778 Å². The van der Waals surface area contributed by atoms with Crippen LogP contribution in [0.4, 0.5) is 41.5 Å². The molecular formula is C98H109ClN22O10S2. The summed E-state index contributed by atoms with van der Waals surface area (Å²) in [6.07, 6.45) is 11.2. The summed E-state index contributed by atoms with van der Waals surface area (Å²) in [6, 6.07) is 64.9. The SMILES string of the molecule is CCc1cc(-c2ccc(CC(C)=O)cc2)nc(N)n1.CCc1cc(-c2ccc(CS(C)(=O)=O)cc2)nc(N)n1.CCc1cc(-c2ccc(S(C)(=O)=O)cc2)nc(N)n1.CCc1cc(-c2cccc(C(=O)N3CCOCC3)c2)nc(N)n1.CNc1cc(-c2ccc(C(=O)CCc3ccco3)cc2)nc(N)n1.Cc1c(Cl)cccc1-c1cc(CCCc2ccc(/C(N)=N/O)cc2)nc(N)n1. The number of benzene rings is 7. The van der Waals surface area contributed by atoms with Crippen LogP contribution in [0, 0.1) is 6.92 Å². The molecule has 0 aliphatic carbocycles. The number of anilines is 7. The average Bonchev–Trinajstić information content (AvgIpc) is 0.967. The number of furan rings is 1. The molecule has 32 nitrogen and oxygen atoms in total. The van der Waals surface area contributed by atoms with Crippen LogP contribution >= 0.6 is 11.6 Å². The topological polar surface area (TPSA) is 527 Å². The lowest BCUT2D eigenvalue weighted by atomic mass is 10.0. The van der Waals surface area contributed by atoms with Gasteiger partial charge in [-0.3, -0.25) is 14.4 Å². The van der Waals surface area contributed by atoms with Gasteiger partial charge in [0.1, 0.15) is 17.4 Å². The van der Waals surface area contributed by atoms with Crippen molar-refractivity contribution in [3.8, 4) is 67.5 Å². The van der Waals surface area contributed by atoms with Crippen LogP contribution in [0.2, 0.25) is 5.02 Å². The number of nitrogens with two attached hydrogens (primary N) is 7. The van der Waals surface area contributed by atoms with Crippen molar-refractivity contribution in [2.75, 3.05) is 85.6 Å². The van der Waals surface area contributed by atoms with Gasteiger partial charge in [-0.05, 0) is 154 Å². The number of hydrogen-bond donors (Lipinski definition) is 9. The highest BCUT2D eigenvalue weighted by Crippen LogP contribution is 2.31. The van der Waals surface area contributed by atoms with Gasteiger partial charge in [-0.1, -0.05) is 178 Å². The van der Waals surface area contributed by atoms with Crippen LogP contribution in [0.3, 0.4) is 0 Å². The van der Waals surface area contributed by atoms with E-state index in [1.807, 2.05) is 203 Å². The molecule has 0 bridgehead atoms. The number of halogens is 1. The fourth-order valence-corrected chi connectivity index (χ4v) is 15.2. The van der Waals surface area contributed by atoms with Crippen molar-refractivity contribution in [3.63, 3.8) is 0 Å². The zero-order chi connectivity index (χ0) is 95.9. The molecule has 133 heavy (non-hydrogen) atoms. The largest absolute Gasteiger partial charge is 0.469 e. The van der Waals surface area contributed by atoms with Gasteiger partial charge >= 0.3 is 0 Å². The summed E-state index contributed by atoms with van der Waals surface area (Å²) in [5, 5.41) is 15.4. The second kappa shape index (κ2) is 48.1. The number of carbonyl (C=O) groups is 3. The van der Waals surface area contributed by atoms with E-state index in [1.165, 1.54) is 18.1 Å². The van der Waals surface area contributed by atoms with Gasteiger partial charge in [0.2, 0.25) is 35.7 Å². The van der Waals surface area contributed by atoms with E-state index in [0.717, 1.165) is 152 Å². The monoisotopic (exact) mass is 1850 g/mol. The Kier molecular flexibility index (Phi) is 36.3. The molecule has 1 amide bonds. The van der Waals surface area contributed by atoms with Crippen molar-refractivity contribution >= 4 is 96.1 Å². The van der Waals surface area contributed by atoms with Crippen LogP contribution in [0.25, 0.3) is 67.5 Å². The van der Waals surface area contributed by atoms with Crippen molar-refractivity contribution in [2.24, 2.45) is 10.9 Å². The van der Waals surface area contributed by atoms with E-state index in [1.54, 1.807) is 68.8 Å². The lowest BCUT2D eigenvalue weighted by Crippen LogP contribution is -2.40. The highest BCUT2D eigenvalue weighted by molar-refractivity contribution is 7.90. The number of oxime groups is 1. The maximum absolute atomic E-state index is 12.6. The Morgan fingerprint density at radius 3 is 1.38 bits per heavy atom. The molecule has 1 aliphatic rings. The van der Waals surface area contributed by atoms with E-state index >= 15 is 0 Å². The number of nitrogens with one attached hydrogen (secondary N) is 1. The molecule has 35 heteroatoms. The first-order valence-corrected chi connectivity index (χ1v) is 47.1. The fourth-order valence-electron chi connectivity index (χ4n) is 13.6. The molecule has 1 aliphatic heterocycles. The van der Waals surface area contributed by atoms with Crippen LogP contribution in [0.5, 0.6) is 0 Å². The molecule has 16 N–H and O–H groups in total. The summed E-state index contributed by atoms with van der Waals surface area (Å²) in [5.41, 5.74) is 60.3. The van der Waals surface area contributed by atoms with Crippen LogP contribution < -0.4 is 45.5 Å². The molecule has 0 saturated carbocycles. The number of amidine groups is 1. The van der Waals surface area contributed by atoms with Crippen molar-refractivity contribution in [2.45, 2.75) is 116 Å². The Hall–Kier alpha value is -14.9. The summed E-state index contributed by atoms with van der Waals surface area (Å²) in [5.74, 6) is 3.35. The molecule has 7 aromatic heterocycles. The summed E-state index contributed by atoms with van der Waals surface area (Å²) in [7, 11) is -4.43. The zero-order valence-corrected chi connectivity index (χ0v) is 77.9. The van der Waals surface area contributed by atoms with Crippen LogP contribution in [0.15, 0.2) is 233 Å². The number of amides is 1. The lowest BCUT2D eigenvalue weighted by molar-refractivity contribution is -0.116. The minimum absolute atomic E-state index is 0.0212. The number of sulfone groups is 2. The van der Waals surface area contributed by atoms with E-state index in [9.17, 15) is 31.2 Å². The van der Waals surface area contributed by atoms with E-state index in [4.69, 9.17) is 66.1 Å². The van der Waals surface area contributed by atoms with Gasteiger partial charge in [0.25, 0.3) is 5.91 Å². The summed E-state index contributed by atoms with van der Waals surface area (Å²) in [4.78, 5) is 88.5. The smallest absolute Gasteiger partial charge is 0.254 e. The standard InChI is InChI=1S/C21H22ClN5O.C18H18N4O2.C17H20N4O2.C15H17N3O.C14H17N3O2S.C13H15N3O2S/c1-13-17(6-3-7-18(13)22)19-12-16(25-21(24)26-19)5-2-4-14-8-10-15(11-9-14)20(23)27-28;1-20-17-11-15(21-18(19)22-17)12-4-6-13(7-5-12)16(23)9-8-14-3-2-10-24-14;1-2-14-11-15(20-17(18)19-14)12-4-3-5-13(10-12)16(22)21-6-8-23-9-7-21;1-3-13-9-14(18-15(16)17-13)12-6-4-11(5-7-12)8-10(2)19;1-3-12-8-13(17-14(15)16-12)11-6-4-10(5-7-11)9-20(2,18)19;1-3-10-8-12(16-13(14)15-10)9-4-6-11(7-5-9)19(2,17)18/h3,6-12,28H,2,4-5H2,1H3,(H2,23,27)(H2,24,25,26);2-7,10-11H,8-9H2,1H3,(H3,19,20,21,22);3-5,10-11H,2,6-9H2,1H3,(H2,18,19,20);4-7,9H,3,8H2,1-2H3,(H2,16,17,18);4-8H,3,9H2,1-2H3,(H2,15,16,17);4-8H,3H2,1-2H3,(H2,14,15,16). The average molecular weight is 1850 g/mol. The number of Topliss-reactive ketones (excluding diaryl/α,β-unsaturated/α-hetero) is 2. The summed E-state index contributed by atoms with van der Waals surface area (Å²) in [6.45, 7) is 14.0. The van der Waals surface area contributed by atoms with Crippen LogP contribution in [-0.2, 0) is 86.3 Å². The van der Waals surface area contributed by atoms with E-state index in [2.05, 4.69) is 70.3 Å². The first-order chi connectivity index (χ1) is 63.6. The second-order valence-corrected chi connectivity index (χ2v) is 35.4. The highest BCUT2D eigenvalue weighted by atomic mass is 35.5. The Morgan fingerprint density at radius 2 is 0.910 bits per heavy atom. The Morgan fingerprint density at radius 1 is 0.474 bits per heavy atom. The summed E-state index contributed by atoms with van der Waals surface area (Å²) >= 11 is 6.23. The number of aryl methyl sites for hydroxylation is 7. The molecule has 1 fully saturated rings. The van der Waals surface area contributed by atoms with Crippen molar-refractivity contribution in [3.05, 3.63) is 297 Å². The molecule has 0 spiro atoms. The van der Waals surface area contributed by atoms with Gasteiger partial charge in [0, 0.05) is 142 Å². The highest BCUT2D eigenvalue weighted by Gasteiger charge is 2.21. The number of morpholine rings is 1. The van der Waals surface area contributed by atoms with Gasteiger partial charge in [0.05, 0.1) is 64.3 Å². The van der Waals surface area contributed by atoms with Crippen LogP contribution in [0.1, 0.15) is 130 Å². The van der Waals surface area contributed by atoms with Crippen molar-refractivity contribution in [1.82, 2.24) is 64.7 Å². The zero-order valence-electron chi connectivity index (χ0n) is 75.5. The Bertz CT molecular complexity index is 6580. The van der Waals surface area contributed by atoms with Crippen molar-refractivity contribution in [1.29, 1.82) is 0 Å². The first-order valence-electron chi connectivity index (χ1n) is 42.8. The maximum Gasteiger partial charge on any atom is 0.254 e. The minimum Gasteiger partial charge on any atom is -0.469 e. The van der Waals surface area contributed by atoms with Crippen LogP contribution in [-0.4, -0.2) is 156 Å². The minimum atomic E-state index is -3.18. The number of ether oxygens (including phenoxy) is 1. The normalized spacial score (nSPS) is 11.7. The number of nitrogens with zero attached hydrogens (tertiary/aromatic N) is 14. The molecular weight excluding hydrogens is 1740 g/mol. The van der Waals surface area contributed by atoms with Gasteiger partial charge in [-0.25, -0.2) is 71.7 Å². The van der Waals surface area contributed by atoms with E-state index < -0.39 is 19.7 Å². The van der Waals surface area contributed by atoms with Gasteiger partial charge in [-0.2, -0.15) is 4.98 Å². The maximum atomic E-state index is 12.6. The van der Waals surface area contributed by atoms with Gasteiger partial charge < -0.3 is 64.7 Å². The molecule has 8 heterocycles. The molecule has 14 aromatic rings. The number of hydrogen-bond acceptors (Lipinski definition) is 30. The molecule has 0 unspecified atom stereocenters. The van der Waals surface area contributed by atoms with Gasteiger partial charge in [-0.15, -0.1) is 0 Å². The number of rotatable bonds is 26. The number of ketones is 2. The Balaban J connectivity index is 0.000000166. The predicted octanol–water partition coefficient (Wildman–Crippen LogP) is 14.8. The van der Waals surface area contributed by atoms with E-state index in [0.29, 0.717) is 90.4 Å². The summed E-state index contributed by atoms with van der Waals surface area (Å²) < 4.78 is 55.8. The molecule has 0 radical (unpaired) electrons. The third kappa shape index (κ3) is 30.9.